The zero-order valence-corrected chi connectivity index (χ0v) is 11.4. The molecule has 0 aliphatic carbocycles. The fourth-order valence-electron chi connectivity index (χ4n) is 1.99. The largest absolute Gasteiger partial charge is 0.276 e. The summed E-state index contributed by atoms with van der Waals surface area (Å²) in [7, 11) is 1.88. The van der Waals surface area contributed by atoms with E-state index in [4.69, 9.17) is 17.4 Å². The van der Waals surface area contributed by atoms with Crippen LogP contribution < -0.4 is 11.3 Å². The molecule has 0 aliphatic rings. The summed E-state index contributed by atoms with van der Waals surface area (Å²) < 4.78 is 14.9. The molecule has 3 N–H and O–H groups in total. The first kappa shape index (κ1) is 14.0. The zero-order valence-electron chi connectivity index (χ0n) is 10.6. The highest BCUT2D eigenvalue weighted by Crippen LogP contribution is 2.23. The SMILES string of the molecule is Cn1cc(CCC(NN)c2ccc(F)c(Cl)c2)cn1. The van der Waals surface area contributed by atoms with Gasteiger partial charge in [-0.3, -0.25) is 16.0 Å². The molecule has 2 rings (SSSR count). The Kier molecular flexibility index (Phi) is 4.52. The van der Waals surface area contributed by atoms with Gasteiger partial charge in [0.1, 0.15) is 5.82 Å². The van der Waals surface area contributed by atoms with Gasteiger partial charge in [-0.1, -0.05) is 17.7 Å². The lowest BCUT2D eigenvalue weighted by atomic mass is 10.0. The fourth-order valence-corrected chi connectivity index (χ4v) is 2.18. The maximum atomic E-state index is 13.1. The van der Waals surface area contributed by atoms with E-state index >= 15 is 0 Å². The van der Waals surface area contributed by atoms with Crippen LogP contribution in [0.4, 0.5) is 4.39 Å². The molecule has 1 atom stereocenters. The average molecular weight is 283 g/mol. The Bertz CT molecular complexity index is 555. The lowest BCUT2D eigenvalue weighted by Crippen LogP contribution is -2.28. The first-order valence-corrected chi connectivity index (χ1v) is 6.36. The molecule has 0 fully saturated rings. The third-order valence-corrected chi connectivity index (χ3v) is 3.32. The number of halogens is 2. The van der Waals surface area contributed by atoms with Gasteiger partial charge < -0.3 is 0 Å². The number of aromatic nitrogens is 2. The quantitative estimate of drug-likeness (QED) is 0.654. The standard InChI is InChI=1S/C13H16ClFN4/c1-19-8-9(7-17-19)2-5-13(18-16)10-3-4-12(15)11(14)6-10/h3-4,6-8,13,18H,2,5,16H2,1H3. The van der Waals surface area contributed by atoms with Gasteiger partial charge in [-0.2, -0.15) is 5.10 Å². The molecule has 0 saturated heterocycles. The van der Waals surface area contributed by atoms with Gasteiger partial charge in [0, 0.05) is 19.3 Å². The van der Waals surface area contributed by atoms with Gasteiger partial charge in [-0.05, 0) is 36.1 Å². The zero-order chi connectivity index (χ0) is 13.8. The van der Waals surface area contributed by atoms with E-state index in [2.05, 4.69) is 10.5 Å². The molecule has 0 spiro atoms. The van der Waals surface area contributed by atoms with Crippen molar-refractivity contribution in [3.05, 3.63) is 52.6 Å². The van der Waals surface area contributed by atoms with Crippen LogP contribution in [0, 0.1) is 5.82 Å². The highest BCUT2D eigenvalue weighted by atomic mass is 35.5. The van der Waals surface area contributed by atoms with E-state index in [0.717, 1.165) is 24.0 Å². The van der Waals surface area contributed by atoms with Gasteiger partial charge in [-0.15, -0.1) is 0 Å². The van der Waals surface area contributed by atoms with Crippen molar-refractivity contribution in [1.29, 1.82) is 0 Å². The van der Waals surface area contributed by atoms with Crippen LogP contribution in [-0.4, -0.2) is 9.78 Å². The monoisotopic (exact) mass is 282 g/mol. The third kappa shape index (κ3) is 3.53. The Morgan fingerprint density at radius 3 is 2.89 bits per heavy atom. The van der Waals surface area contributed by atoms with Crippen LogP contribution in [0.5, 0.6) is 0 Å². The topological polar surface area (TPSA) is 55.9 Å². The van der Waals surface area contributed by atoms with Gasteiger partial charge in [0.05, 0.1) is 11.2 Å². The van der Waals surface area contributed by atoms with Crippen LogP contribution in [0.2, 0.25) is 5.02 Å². The van der Waals surface area contributed by atoms with Crippen molar-refractivity contribution in [2.75, 3.05) is 0 Å². The Morgan fingerprint density at radius 2 is 2.32 bits per heavy atom. The fraction of sp³-hybridized carbons (Fsp3) is 0.308. The molecule has 0 aliphatic heterocycles. The van der Waals surface area contributed by atoms with Crippen LogP contribution in [0.1, 0.15) is 23.6 Å². The molecule has 0 radical (unpaired) electrons. The van der Waals surface area contributed by atoms with E-state index < -0.39 is 5.82 Å². The second-order valence-corrected chi connectivity index (χ2v) is 4.86. The van der Waals surface area contributed by atoms with Gasteiger partial charge in [0.2, 0.25) is 0 Å². The van der Waals surface area contributed by atoms with Crippen molar-refractivity contribution in [2.45, 2.75) is 18.9 Å². The minimum absolute atomic E-state index is 0.0710. The van der Waals surface area contributed by atoms with Gasteiger partial charge in [-0.25, -0.2) is 4.39 Å². The second kappa shape index (κ2) is 6.14. The summed E-state index contributed by atoms with van der Waals surface area (Å²) in [6.45, 7) is 0. The lowest BCUT2D eigenvalue weighted by molar-refractivity contribution is 0.515. The van der Waals surface area contributed by atoms with E-state index in [9.17, 15) is 4.39 Å². The number of nitrogens with one attached hydrogen (secondary N) is 1. The molecule has 1 heterocycles. The molecular weight excluding hydrogens is 267 g/mol. The van der Waals surface area contributed by atoms with Crippen molar-refractivity contribution in [3.8, 4) is 0 Å². The average Bonchev–Trinajstić information content (AvgIpc) is 2.80. The van der Waals surface area contributed by atoms with Gasteiger partial charge in [0.15, 0.2) is 0 Å². The van der Waals surface area contributed by atoms with Crippen LogP contribution in [0.25, 0.3) is 0 Å². The van der Waals surface area contributed by atoms with Crippen LogP contribution >= 0.6 is 11.6 Å². The molecule has 1 aromatic carbocycles. The smallest absolute Gasteiger partial charge is 0.141 e. The van der Waals surface area contributed by atoms with Crippen molar-refractivity contribution in [2.24, 2.45) is 12.9 Å². The predicted octanol–water partition coefficient (Wildman–Crippen LogP) is 2.35. The van der Waals surface area contributed by atoms with Crippen LogP contribution in [0.3, 0.4) is 0 Å². The molecule has 19 heavy (non-hydrogen) atoms. The molecule has 0 amide bonds. The summed E-state index contributed by atoms with van der Waals surface area (Å²) in [5.41, 5.74) is 4.74. The molecule has 0 bridgehead atoms. The molecule has 0 saturated carbocycles. The number of nitrogens with zero attached hydrogens (tertiary/aromatic N) is 2. The van der Waals surface area contributed by atoms with E-state index in [1.54, 1.807) is 16.8 Å². The maximum Gasteiger partial charge on any atom is 0.141 e. The Labute approximate surface area is 116 Å². The molecule has 1 aromatic heterocycles. The number of aryl methyl sites for hydroxylation is 2. The third-order valence-electron chi connectivity index (χ3n) is 3.03. The predicted molar refractivity (Wildman–Crippen MR) is 73.0 cm³/mol. The molecule has 4 nitrogen and oxygen atoms in total. The summed E-state index contributed by atoms with van der Waals surface area (Å²) in [5.74, 6) is 5.13. The van der Waals surface area contributed by atoms with Gasteiger partial charge in [0.25, 0.3) is 0 Å². The first-order chi connectivity index (χ1) is 9.10. The Morgan fingerprint density at radius 1 is 1.53 bits per heavy atom. The summed E-state index contributed by atoms with van der Waals surface area (Å²) in [4.78, 5) is 0. The van der Waals surface area contributed by atoms with E-state index in [1.807, 2.05) is 19.4 Å². The summed E-state index contributed by atoms with van der Waals surface area (Å²) in [6.07, 6.45) is 5.40. The molecule has 1 unspecified atom stereocenters. The summed E-state index contributed by atoms with van der Waals surface area (Å²) in [6, 6.07) is 4.57. The minimum Gasteiger partial charge on any atom is -0.276 e. The van der Waals surface area contributed by atoms with Crippen LogP contribution in [-0.2, 0) is 13.5 Å². The number of rotatable bonds is 5. The highest BCUT2D eigenvalue weighted by molar-refractivity contribution is 6.30. The molecule has 102 valence electrons. The minimum atomic E-state index is -0.423. The Balaban J connectivity index is 2.05. The maximum absolute atomic E-state index is 13.1. The Hall–Kier alpha value is -1.43. The number of hydrogen-bond acceptors (Lipinski definition) is 3. The van der Waals surface area contributed by atoms with E-state index in [1.165, 1.54) is 6.07 Å². The first-order valence-electron chi connectivity index (χ1n) is 5.98. The molecule has 2 aromatic rings. The highest BCUT2D eigenvalue weighted by Gasteiger charge is 2.12. The number of benzene rings is 1. The molecular formula is C13H16ClFN4. The number of nitrogens with two attached hydrogens (primary N) is 1. The van der Waals surface area contributed by atoms with Crippen LogP contribution in [0.15, 0.2) is 30.6 Å². The van der Waals surface area contributed by atoms with E-state index in [-0.39, 0.29) is 11.1 Å². The summed E-state index contributed by atoms with van der Waals surface area (Å²) in [5, 5.41) is 4.22. The van der Waals surface area contributed by atoms with E-state index in [0.29, 0.717) is 0 Å². The van der Waals surface area contributed by atoms with Crippen molar-refractivity contribution in [3.63, 3.8) is 0 Å². The number of hydrazine groups is 1. The van der Waals surface area contributed by atoms with Gasteiger partial charge >= 0.3 is 0 Å². The number of hydrogen-bond donors (Lipinski definition) is 2. The van der Waals surface area contributed by atoms with Crippen molar-refractivity contribution >= 4 is 11.6 Å². The summed E-state index contributed by atoms with van der Waals surface area (Å²) >= 11 is 5.78. The van der Waals surface area contributed by atoms with Crippen molar-refractivity contribution in [1.82, 2.24) is 15.2 Å². The van der Waals surface area contributed by atoms with Crippen molar-refractivity contribution < 1.29 is 4.39 Å². The second-order valence-electron chi connectivity index (χ2n) is 4.45. The normalized spacial score (nSPS) is 12.6. The molecule has 6 heteroatoms. The lowest BCUT2D eigenvalue weighted by Gasteiger charge is -2.16.